The van der Waals surface area contributed by atoms with Crippen LogP contribution in [0.3, 0.4) is 0 Å². The first kappa shape index (κ1) is 19.8. The Kier molecular flexibility index (Phi) is 5.21. The minimum absolute atomic E-state index is 0.246. The Morgan fingerprint density at radius 2 is 1.94 bits per heavy atom. The van der Waals surface area contributed by atoms with Crippen LogP contribution < -0.4 is 9.64 Å². The largest absolute Gasteiger partial charge is 0.493 e. The van der Waals surface area contributed by atoms with Gasteiger partial charge in [-0.05, 0) is 35.9 Å². The summed E-state index contributed by atoms with van der Waals surface area (Å²) < 4.78 is 13.3. The van der Waals surface area contributed by atoms with Crippen molar-refractivity contribution >= 4 is 59.5 Å². The number of rotatable bonds is 5. The Hall–Kier alpha value is -3.16. The number of carbonyl (C=O) groups is 1. The topological polar surface area (TPSA) is 55.6 Å². The fourth-order valence-corrected chi connectivity index (χ4v) is 4.94. The molecule has 5 rings (SSSR count). The quantitative estimate of drug-likeness (QED) is 0.275. The lowest BCUT2D eigenvalue weighted by Crippen LogP contribution is -2.30. The number of aromatic nitrogens is 1. The minimum atomic E-state index is -0.250. The average molecular weight is 493 g/mol. The second kappa shape index (κ2) is 8.17. The first-order valence-corrected chi connectivity index (χ1v) is 11.2. The number of amides is 1. The van der Waals surface area contributed by atoms with Gasteiger partial charge in [0, 0.05) is 9.86 Å². The number of hydrogen-bond donors (Lipinski definition) is 0. The fraction of sp³-hybridized carbons (Fsp3) is 0.0833. The van der Waals surface area contributed by atoms with Gasteiger partial charge in [0.15, 0.2) is 22.2 Å². The van der Waals surface area contributed by atoms with E-state index in [4.69, 9.17) is 14.1 Å². The van der Waals surface area contributed by atoms with Crippen LogP contribution in [0.15, 0.2) is 81.7 Å². The highest BCUT2D eigenvalue weighted by Gasteiger charge is 2.25. The summed E-state index contributed by atoms with van der Waals surface area (Å²) in [6, 6.07) is 23.1. The van der Waals surface area contributed by atoms with E-state index in [2.05, 4.69) is 15.9 Å². The molecule has 31 heavy (non-hydrogen) atoms. The van der Waals surface area contributed by atoms with Crippen molar-refractivity contribution in [2.75, 3.05) is 12.0 Å². The van der Waals surface area contributed by atoms with Gasteiger partial charge in [-0.1, -0.05) is 69.7 Å². The van der Waals surface area contributed by atoms with E-state index in [0.29, 0.717) is 23.0 Å². The minimum Gasteiger partial charge on any atom is -0.493 e. The van der Waals surface area contributed by atoms with Crippen LogP contribution in [-0.4, -0.2) is 18.0 Å². The Morgan fingerprint density at radius 3 is 2.74 bits per heavy atom. The Bertz CT molecular complexity index is 1390. The van der Waals surface area contributed by atoms with E-state index in [0.717, 1.165) is 25.6 Å². The summed E-state index contributed by atoms with van der Waals surface area (Å²) in [5.74, 6) is 0.590. The first-order valence-electron chi connectivity index (χ1n) is 9.61. The van der Waals surface area contributed by atoms with Gasteiger partial charge in [0.05, 0.1) is 23.9 Å². The van der Waals surface area contributed by atoms with Gasteiger partial charge in [-0.3, -0.25) is 9.69 Å². The monoisotopic (exact) mass is 492 g/mol. The number of hydrogen-bond acceptors (Lipinski definition) is 5. The number of halogens is 1. The van der Waals surface area contributed by atoms with Crippen LogP contribution in [0.5, 0.6) is 5.75 Å². The maximum atomic E-state index is 13.6. The lowest BCUT2D eigenvalue weighted by molar-refractivity contribution is 0.0960. The van der Waals surface area contributed by atoms with Gasteiger partial charge in [0.25, 0.3) is 5.91 Å². The molecule has 0 unspecified atom stereocenters. The lowest BCUT2D eigenvalue weighted by Gasteiger charge is -2.18. The zero-order valence-corrected chi connectivity index (χ0v) is 18.9. The molecular weight excluding hydrogens is 476 g/mol. The predicted molar refractivity (Wildman–Crippen MR) is 127 cm³/mol. The van der Waals surface area contributed by atoms with Gasteiger partial charge >= 0.3 is 0 Å². The van der Waals surface area contributed by atoms with E-state index in [-0.39, 0.29) is 11.7 Å². The molecule has 0 atom stereocenters. The van der Waals surface area contributed by atoms with E-state index in [1.54, 1.807) is 18.1 Å². The van der Waals surface area contributed by atoms with Gasteiger partial charge < -0.3 is 9.15 Å². The van der Waals surface area contributed by atoms with Gasteiger partial charge in [-0.15, -0.1) is 0 Å². The molecule has 7 heteroatoms. The van der Waals surface area contributed by atoms with Crippen LogP contribution in [-0.2, 0) is 6.54 Å². The van der Waals surface area contributed by atoms with Crippen LogP contribution in [0.25, 0.3) is 21.2 Å². The highest BCUT2D eigenvalue weighted by atomic mass is 79.9. The first-order chi connectivity index (χ1) is 15.1. The van der Waals surface area contributed by atoms with Crippen LogP contribution in [0.4, 0.5) is 5.13 Å². The third-order valence-corrected chi connectivity index (χ3v) is 6.47. The van der Waals surface area contributed by atoms with Crippen LogP contribution >= 0.6 is 27.3 Å². The summed E-state index contributed by atoms with van der Waals surface area (Å²) in [5.41, 5.74) is 2.41. The molecule has 1 amide bonds. The molecule has 0 aliphatic heterocycles. The van der Waals surface area contributed by atoms with Gasteiger partial charge in [0.2, 0.25) is 0 Å². The SMILES string of the molecule is COc1cccc2cc(C(=O)N(Cc3ccccc3)c3nc4ccc(Br)cc4s3)oc12. The molecule has 0 spiro atoms. The molecular formula is C24H17BrN2O3S. The number of fused-ring (bicyclic) bond motifs is 2. The second-order valence-corrected chi connectivity index (χ2v) is 8.90. The van der Waals surface area contributed by atoms with Crippen LogP contribution in [0, 0.1) is 0 Å². The van der Waals surface area contributed by atoms with Crippen molar-refractivity contribution in [2.24, 2.45) is 0 Å². The Labute approximate surface area is 191 Å². The molecule has 0 aliphatic carbocycles. The van der Waals surface area contributed by atoms with Gasteiger partial charge in [-0.25, -0.2) is 4.98 Å². The molecule has 0 saturated carbocycles. The molecule has 5 aromatic rings. The van der Waals surface area contributed by atoms with E-state index in [1.165, 1.54) is 11.3 Å². The maximum absolute atomic E-state index is 13.6. The lowest BCUT2D eigenvalue weighted by atomic mass is 10.2. The van der Waals surface area contributed by atoms with Crippen LogP contribution in [0.1, 0.15) is 16.1 Å². The number of methoxy groups -OCH3 is 1. The number of thiazole rings is 1. The third kappa shape index (κ3) is 3.82. The molecule has 0 aliphatic rings. The fourth-order valence-electron chi connectivity index (χ4n) is 3.43. The summed E-state index contributed by atoms with van der Waals surface area (Å²) in [6.45, 7) is 0.384. The molecule has 2 aromatic heterocycles. The summed E-state index contributed by atoms with van der Waals surface area (Å²) in [5, 5.41) is 1.44. The van der Waals surface area contributed by atoms with Crippen LogP contribution in [0.2, 0.25) is 0 Å². The number of carbonyl (C=O) groups excluding carboxylic acids is 1. The van der Waals surface area contributed by atoms with Crippen molar-refractivity contribution in [3.63, 3.8) is 0 Å². The summed E-state index contributed by atoms with van der Waals surface area (Å²) in [4.78, 5) is 20.0. The van der Waals surface area contributed by atoms with Crippen molar-refractivity contribution < 1.29 is 13.9 Å². The molecule has 0 saturated heterocycles. The van der Waals surface area contributed by atoms with Crippen molar-refractivity contribution in [1.29, 1.82) is 0 Å². The molecule has 0 bridgehead atoms. The molecule has 3 aromatic carbocycles. The molecule has 5 nitrogen and oxygen atoms in total. The summed E-state index contributed by atoms with van der Waals surface area (Å²) >= 11 is 4.98. The number of anilines is 1. The third-order valence-electron chi connectivity index (χ3n) is 4.94. The molecule has 2 heterocycles. The van der Waals surface area contributed by atoms with E-state index >= 15 is 0 Å². The number of ether oxygens (including phenoxy) is 1. The van der Waals surface area contributed by atoms with Gasteiger partial charge in [0.1, 0.15) is 0 Å². The molecule has 0 N–H and O–H groups in total. The van der Waals surface area contributed by atoms with Crippen molar-refractivity contribution in [3.05, 3.63) is 88.6 Å². The number of benzene rings is 3. The molecule has 154 valence electrons. The second-order valence-electron chi connectivity index (χ2n) is 6.97. The Morgan fingerprint density at radius 1 is 1.10 bits per heavy atom. The average Bonchev–Trinajstić information content (AvgIpc) is 3.41. The number of nitrogens with zero attached hydrogens (tertiary/aromatic N) is 2. The van der Waals surface area contributed by atoms with Crippen molar-refractivity contribution in [1.82, 2.24) is 4.98 Å². The highest BCUT2D eigenvalue weighted by Crippen LogP contribution is 2.34. The Balaban J connectivity index is 1.60. The zero-order valence-electron chi connectivity index (χ0n) is 16.5. The maximum Gasteiger partial charge on any atom is 0.296 e. The normalized spacial score (nSPS) is 11.2. The van der Waals surface area contributed by atoms with E-state index in [1.807, 2.05) is 66.7 Å². The van der Waals surface area contributed by atoms with E-state index in [9.17, 15) is 4.79 Å². The van der Waals surface area contributed by atoms with Gasteiger partial charge in [-0.2, -0.15) is 0 Å². The number of para-hydroxylation sites is 1. The zero-order chi connectivity index (χ0) is 21.4. The van der Waals surface area contributed by atoms with Crippen molar-refractivity contribution in [2.45, 2.75) is 6.54 Å². The van der Waals surface area contributed by atoms with Crippen molar-refractivity contribution in [3.8, 4) is 5.75 Å². The summed E-state index contributed by atoms with van der Waals surface area (Å²) in [6.07, 6.45) is 0. The smallest absolute Gasteiger partial charge is 0.296 e. The highest BCUT2D eigenvalue weighted by molar-refractivity contribution is 9.10. The molecule has 0 radical (unpaired) electrons. The standard InChI is InChI=1S/C24H17BrN2O3S/c1-29-19-9-5-8-16-12-20(30-22(16)19)23(28)27(14-15-6-3-2-4-7-15)24-26-18-11-10-17(25)13-21(18)31-24/h2-13H,14H2,1H3. The summed E-state index contributed by atoms with van der Waals surface area (Å²) in [7, 11) is 1.58. The molecule has 0 fully saturated rings. The number of furan rings is 1. The predicted octanol–water partition coefficient (Wildman–Crippen LogP) is 6.66. The van der Waals surface area contributed by atoms with E-state index < -0.39 is 0 Å².